The smallest absolute Gasteiger partial charge is 0.326 e. The minimum Gasteiger partial charge on any atom is -0.480 e. The van der Waals surface area contributed by atoms with E-state index in [1.807, 2.05) is 13.2 Å². The Labute approximate surface area is 105 Å². The van der Waals surface area contributed by atoms with Crippen molar-refractivity contribution in [3.8, 4) is 0 Å². The Balaban J connectivity index is 2.48. The van der Waals surface area contributed by atoms with E-state index in [0.717, 1.165) is 0 Å². The standard InChI is InChI=1S/C11H19NO4S/c1-7-8(3-5-16-7)10(13)12-9(11(14)15)4-6-17-2/h7-9H,3-6H2,1-2H3,(H,12,13)(H,14,15)/t7?,8?,9-/m0/s1. The molecular formula is C11H19NO4S. The molecule has 0 aromatic heterocycles. The Hall–Kier alpha value is -0.750. The molecule has 0 aliphatic carbocycles. The van der Waals surface area contributed by atoms with E-state index in [9.17, 15) is 9.59 Å². The number of carboxylic acids is 1. The lowest BCUT2D eigenvalue weighted by Gasteiger charge is -2.18. The van der Waals surface area contributed by atoms with E-state index in [1.54, 1.807) is 11.8 Å². The number of nitrogens with one attached hydrogen (secondary N) is 1. The van der Waals surface area contributed by atoms with E-state index in [1.165, 1.54) is 0 Å². The number of hydrogen-bond donors (Lipinski definition) is 2. The third kappa shape index (κ3) is 4.20. The van der Waals surface area contributed by atoms with Crippen LogP contribution in [0.2, 0.25) is 0 Å². The summed E-state index contributed by atoms with van der Waals surface area (Å²) in [5.41, 5.74) is 0. The molecule has 0 saturated carbocycles. The highest BCUT2D eigenvalue weighted by atomic mass is 32.2. The molecule has 1 amide bonds. The molecule has 1 saturated heterocycles. The Bertz CT molecular complexity index is 285. The third-order valence-corrected chi connectivity index (χ3v) is 3.58. The first kappa shape index (κ1) is 14.3. The first-order valence-electron chi connectivity index (χ1n) is 5.70. The Morgan fingerprint density at radius 3 is 2.76 bits per heavy atom. The number of carbonyl (C=O) groups excluding carboxylic acids is 1. The second-order valence-corrected chi connectivity index (χ2v) is 5.14. The molecule has 6 heteroatoms. The lowest BCUT2D eigenvalue weighted by atomic mass is 10.0. The zero-order chi connectivity index (χ0) is 12.8. The molecule has 2 unspecified atom stereocenters. The first-order valence-corrected chi connectivity index (χ1v) is 7.09. The summed E-state index contributed by atoms with van der Waals surface area (Å²) in [6.45, 7) is 2.41. The number of carbonyl (C=O) groups is 2. The number of hydrogen-bond acceptors (Lipinski definition) is 4. The molecule has 5 nitrogen and oxygen atoms in total. The predicted molar refractivity (Wildman–Crippen MR) is 66.1 cm³/mol. The number of amides is 1. The van der Waals surface area contributed by atoms with Gasteiger partial charge in [0.1, 0.15) is 6.04 Å². The molecule has 0 radical (unpaired) electrons. The maximum Gasteiger partial charge on any atom is 0.326 e. The number of aliphatic carboxylic acids is 1. The molecule has 1 fully saturated rings. The maximum atomic E-state index is 11.9. The van der Waals surface area contributed by atoms with Gasteiger partial charge in [-0.25, -0.2) is 4.79 Å². The molecule has 1 aliphatic heterocycles. The van der Waals surface area contributed by atoms with Gasteiger partial charge in [0.2, 0.25) is 5.91 Å². The highest BCUT2D eigenvalue weighted by Crippen LogP contribution is 2.20. The van der Waals surface area contributed by atoms with E-state index in [0.29, 0.717) is 25.2 Å². The maximum absolute atomic E-state index is 11.9. The average molecular weight is 261 g/mol. The van der Waals surface area contributed by atoms with Crippen molar-refractivity contribution in [3.63, 3.8) is 0 Å². The van der Waals surface area contributed by atoms with Gasteiger partial charge < -0.3 is 15.2 Å². The molecule has 17 heavy (non-hydrogen) atoms. The van der Waals surface area contributed by atoms with Crippen LogP contribution in [0, 0.1) is 5.92 Å². The van der Waals surface area contributed by atoms with Gasteiger partial charge in [-0.2, -0.15) is 11.8 Å². The number of ether oxygens (including phenoxy) is 1. The van der Waals surface area contributed by atoms with Gasteiger partial charge >= 0.3 is 5.97 Å². The Morgan fingerprint density at radius 1 is 1.59 bits per heavy atom. The SMILES string of the molecule is CSCC[C@H](NC(=O)C1CCOC1C)C(=O)O. The molecule has 1 rings (SSSR count). The zero-order valence-corrected chi connectivity index (χ0v) is 11.0. The summed E-state index contributed by atoms with van der Waals surface area (Å²) in [5, 5.41) is 11.6. The molecule has 0 aromatic rings. The van der Waals surface area contributed by atoms with Crippen LogP contribution >= 0.6 is 11.8 Å². The van der Waals surface area contributed by atoms with Crippen LogP contribution in [0.4, 0.5) is 0 Å². The molecule has 3 atom stereocenters. The van der Waals surface area contributed by atoms with Gasteiger partial charge in [-0.15, -0.1) is 0 Å². The highest BCUT2D eigenvalue weighted by molar-refractivity contribution is 7.98. The molecule has 0 spiro atoms. The average Bonchev–Trinajstić information content (AvgIpc) is 2.70. The van der Waals surface area contributed by atoms with Gasteiger partial charge in [-0.1, -0.05) is 0 Å². The van der Waals surface area contributed by atoms with Crippen molar-refractivity contribution in [1.29, 1.82) is 0 Å². The van der Waals surface area contributed by atoms with E-state index in [-0.39, 0.29) is 17.9 Å². The lowest BCUT2D eigenvalue weighted by molar-refractivity contribution is -0.142. The van der Waals surface area contributed by atoms with Crippen LogP contribution in [0.25, 0.3) is 0 Å². The van der Waals surface area contributed by atoms with Crippen molar-refractivity contribution >= 4 is 23.6 Å². The quantitative estimate of drug-likeness (QED) is 0.737. The van der Waals surface area contributed by atoms with Gasteiger partial charge in [-0.05, 0) is 31.8 Å². The van der Waals surface area contributed by atoms with Crippen molar-refractivity contribution in [2.45, 2.75) is 31.9 Å². The summed E-state index contributed by atoms with van der Waals surface area (Å²) in [5.74, 6) is -0.679. The number of carboxylic acid groups (broad SMARTS) is 1. The second kappa shape index (κ2) is 6.86. The Kier molecular flexibility index (Phi) is 5.77. The number of thioether (sulfide) groups is 1. The fraction of sp³-hybridized carbons (Fsp3) is 0.818. The van der Waals surface area contributed by atoms with Crippen LogP contribution in [-0.2, 0) is 14.3 Å². The minimum absolute atomic E-state index is 0.120. The van der Waals surface area contributed by atoms with Gasteiger partial charge in [-0.3, -0.25) is 4.79 Å². The summed E-state index contributed by atoms with van der Waals surface area (Å²) >= 11 is 1.57. The van der Waals surface area contributed by atoms with Crippen molar-refractivity contribution in [2.24, 2.45) is 5.92 Å². The highest BCUT2D eigenvalue weighted by Gasteiger charge is 2.32. The summed E-state index contributed by atoms with van der Waals surface area (Å²) in [4.78, 5) is 22.9. The monoisotopic (exact) mass is 261 g/mol. The summed E-state index contributed by atoms with van der Waals surface area (Å²) < 4.78 is 5.30. The zero-order valence-electron chi connectivity index (χ0n) is 10.1. The van der Waals surface area contributed by atoms with Crippen LogP contribution in [0.1, 0.15) is 19.8 Å². The van der Waals surface area contributed by atoms with Gasteiger partial charge in [0.05, 0.1) is 12.0 Å². The van der Waals surface area contributed by atoms with E-state index in [4.69, 9.17) is 9.84 Å². The van der Waals surface area contributed by atoms with E-state index >= 15 is 0 Å². The molecule has 0 bridgehead atoms. The molecule has 1 aliphatic rings. The molecule has 0 aromatic carbocycles. The van der Waals surface area contributed by atoms with Crippen LogP contribution in [0.5, 0.6) is 0 Å². The van der Waals surface area contributed by atoms with Crippen LogP contribution in [0.15, 0.2) is 0 Å². The predicted octanol–water partition coefficient (Wildman–Crippen LogP) is 0.734. The topological polar surface area (TPSA) is 75.6 Å². The summed E-state index contributed by atoms with van der Waals surface area (Å²) in [6.07, 6.45) is 2.91. The molecule has 98 valence electrons. The fourth-order valence-corrected chi connectivity index (χ4v) is 2.32. The van der Waals surface area contributed by atoms with Crippen molar-refractivity contribution in [3.05, 3.63) is 0 Å². The fourth-order valence-electron chi connectivity index (χ4n) is 1.85. The largest absolute Gasteiger partial charge is 0.480 e. The number of rotatable bonds is 6. The van der Waals surface area contributed by atoms with Crippen LogP contribution in [-0.4, -0.2) is 47.7 Å². The van der Waals surface area contributed by atoms with Gasteiger partial charge in [0.25, 0.3) is 0 Å². The second-order valence-electron chi connectivity index (χ2n) is 4.15. The first-order chi connectivity index (χ1) is 8.06. The van der Waals surface area contributed by atoms with E-state index < -0.39 is 12.0 Å². The van der Waals surface area contributed by atoms with Gasteiger partial charge in [0.15, 0.2) is 0 Å². The van der Waals surface area contributed by atoms with E-state index in [2.05, 4.69) is 5.32 Å². The molecular weight excluding hydrogens is 242 g/mol. The molecule has 1 heterocycles. The lowest BCUT2D eigenvalue weighted by Crippen LogP contribution is -2.45. The minimum atomic E-state index is -0.973. The molecule has 2 N–H and O–H groups in total. The van der Waals surface area contributed by atoms with Gasteiger partial charge in [0, 0.05) is 6.61 Å². The van der Waals surface area contributed by atoms with Crippen molar-refractivity contribution in [2.75, 3.05) is 18.6 Å². The van der Waals surface area contributed by atoms with Crippen molar-refractivity contribution in [1.82, 2.24) is 5.32 Å². The normalized spacial score (nSPS) is 25.5. The third-order valence-electron chi connectivity index (χ3n) is 2.94. The van der Waals surface area contributed by atoms with Crippen molar-refractivity contribution < 1.29 is 19.4 Å². The summed E-state index contributed by atoms with van der Waals surface area (Å²) in [6, 6.07) is -0.789. The van der Waals surface area contributed by atoms with Crippen LogP contribution in [0.3, 0.4) is 0 Å². The summed E-state index contributed by atoms with van der Waals surface area (Å²) in [7, 11) is 0. The van der Waals surface area contributed by atoms with Crippen LogP contribution < -0.4 is 5.32 Å². The Morgan fingerprint density at radius 2 is 2.29 bits per heavy atom.